The monoisotopic (exact) mass is 410 g/mol. The second kappa shape index (κ2) is 20.5. The Morgan fingerprint density at radius 2 is 1.28 bits per heavy atom. The van der Waals surface area contributed by atoms with E-state index >= 15 is 0 Å². The predicted molar refractivity (Wildman–Crippen MR) is 130 cm³/mol. The Hall–Kier alpha value is -0.790. The molecule has 174 valence electrons. The number of hydrogen-bond acceptors (Lipinski definition) is 2. The molecule has 2 heteroatoms. The van der Waals surface area contributed by atoms with E-state index in [0.29, 0.717) is 11.5 Å². The van der Waals surface area contributed by atoms with Crippen molar-refractivity contribution < 1.29 is 9.90 Å². The molecule has 1 saturated carbocycles. The summed E-state index contributed by atoms with van der Waals surface area (Å²) >= 11 is 0. The average Bonchev–Trinajstić information content (AvgIpc) is 2.98. The van der Waals surface area contributed by atoms with Gasteiger partial charge in [0.15, 0.2) is 0 Å². The van der Waals surface area contributed by atoms with Gasteiger partial charge >= 0.3 is 0 Å². The molecule has 0 amide bonds. The van der Waals surface area contributed by atoms with Crippen molar-refractivity contribution in [3.8, 4) is 0 Å². The van der Waals surface area contributed by atoms with E-state index in [0.717, 1.165) is 68.6 Å². The average molecular weight is 411 g/mol. The quantitative estimate of drug-likeness (QED) is 0.458. The van der Waals surface area contributed by atoms with E-state index in [4.69, 9.17) is 0 Å². The van der Waals surface area contributed by atoms with Crippen LogP contribution in [0.3, 0.4) is 0 Å². The Bertz CT molecular complexity index is 399. The lowest BCUT2D eigenvalue weighted by molar-refractivity contribution is -0.119. The zero-order chi connectivity index (χ0) is 22.7. The second-order valence-corrected chi connectivity index (χ2v) is 7.80. The Balaban J connectivity index is 0. The SMILES string of the molecule is CC.CC.CC.CCC(C1CCC=C(O)CCC1)C(CC)C1CCCC(=O)CC1. The number of carbonyl (C=O) groups excluding carboxylic acids is 1. The van der Waals surface area contributed by atoms with Gasteiger partial charge in [-0.15, -0.1) is 0 Å². The van der Waals surface area contributed by atoms with Gasteiger partial charge in [0.2, 0.25) is 0 Å². The summed E-state index contributed by atoms with van der Waals surface area (Å²) in [5, 5.41) is 9.74. The molecular weight excluding hydrogens is 356 g/mol. The fourth-order valence-corrected chi connectivity index (χ4v) is 5.26. The molecule has 1 fully saturated rings. The highest BCUT2D eigenvalue weighted by atomic mass is 16.3. The van der Waals surface area contributed by atoms with Crippen LogP contribution in [0.2, 0.25) is 0 Å². The van der Waals surface area contributed by atoms with Gasteiger partial charge in [0.1, 0.15) is 5.78 Å². The molecule has 0 aromatic carbocycles. The lowest BCUT2D eigenvalue weighted by Gasteiger charge is -2.38. The summed E-state index contributed by atoms with van der Waals surface area (Å²) in [7, 11) is 0. The molecule has 2 nitrogen and oxygen atoms in total. The molecule has 0 aromatic heterocycles. The van der Waals surface area contributed by atoms with E-state index < -0.39 is 0 Å². The van der Waals surface area contributed by atoms with Gasteiger partial charge in [-0.1, -0.05) is 68.2 Å². The molecule has 2 aliphatic carbocycles. The molecule has 2 rings (SSSR count). The molecule has 0 bridgehead atoms. The van der Waals surface area contributed by atoms with Gasteiger partial charge in [0.25, 0.3) is 0 Å². The van der Waals surface area contributed by atoms with Crippen molar-refractivity contribution >= 4 is 5.78 Å². The summed E-state index contributed by atoms with van der Waals surface area (Å²) < 4.78 is 0. The third-order valence-electron chi connectivity index (χ3n) is 6.45. The Morgan fingerprint density at radius 1 is 0.793 bits per heavy atom. The summed E-state index contributed by atoms with van der Waals surface area (Å²) in [4.78, 5) is 11.8. The van der Waals surface area contributed by atoms with Crippen molar-refractivity contribution in [1.82, 2.24) is 0 Å². The molecule has 0 spiro atoms. The molecule has 0 saturated heterocycles. The number of allylic oxidation sites excluding steroid dienone is 2. The lowest BCUT2D eigenvalue weighted by Crippen LogP contribution is -2.29. The van der Waals surface area contributed by atoms with Gasteiger partial charge in [-0.05, 0) is 74.7 Å². The zero-order valence-electron chi connectivity index (χ0n) is 21.2. The van der Waals surface area contributed by atoms with E-state index in [1.165, 1.54) is 32.1 Å². The fraction of sp³-hybridized carbons (Fsp3) is 0.889. The van der Waals surface area contributed by atoms with E-state index in [1.54, 1.807) is 0 Å². The fourth-order valence-electron chi connectivity index (χ4n) is 5.26. The highest BCUT2D eigenvalue weighted by Gasteiger charge is 2.33. The van der Waals surface area contributed by atoms with Crippen molar-refractivity contribution in [2.45, 2.75) is 132 Å². The number of aliphatic hydroxyl groups excluding tert-OH is 1. The number of carbonyl (C=O) groups is 1. The number of rotatable bonds is 5. The maximum absolute atomic E-state index is 11.8. The standard InChI is InChI=1S/C21H36O2.3C2H6/c1-3-20(16-8-5-11-18(22)12-6-9-16)21(4-2)17-10-7-13-19(23)15-14-17;3*1-2/h11,16-17,20-22H,3-10,12-15H2,1-2H3;3*1-2H3. The largest absolute Gasteiger partial charge is 0.513 e. The van der Waals surface area contributed by atoms with Gasteiger partial charge in [0.05, 0.1) is 5.76 Å². The van der Waals surface area contributed by atoms with Crippen molar-refractivity contribution in [2.24, 2.45) is 23.7 Å². The van der Waals surface area contributed by atoms with Crippen LogP contribution in [-0.2, 0) is 4.79 Å². The van der Waals surface area contributed by atoms with Crippen LogP contribution >= 0.6 is 0 Å². The van der Waals surface area contributed by atoms with Crippen LogP contribution in [0.4, 0.5) is 0 Å². The number of aliphatic hydroxyl groups is 1. The molecule has 0 heterocycles. The minimum absolute atomic E-state index is 0.488. The molecule has 29 heavy (non-hydrogen) atoms. The first kappa shape index (κ1) is 30.4. The maximum atomic E-state index is 11.8. The van der Waals surface area contributed by atoms with Crippen molar-refractivity contribution in [3.63, 3.8) is 0 Å². The number of Topliss-reactive ketones (excluding diaryl/α,β-unsaturated/α-hetero) is 1. The first-order valence-electron chi connectivity index (χ1n) is 13.0. The Labute approximate surface area is 183 Å². The first-order chi connectivity index (χ1) is 14.2. The van der Waals surface area contributed by atoms with Crippen molar-refractivity contribution in [3.05, 3.63) is 11.8 Å². The van der Waals surface area contributed by atoms with E-state index in [1.807, 2.05) is 47.6 Å². The number of hydrogen-bond donors (Lipinski definition) is 1. The molecule has 4 unspecified atom stereocenters. The van der Waals surface area contributed by atoms with Crippen LogP contribution in [0.25, 0.3) is 0 Å². The van der Waals surface area contributed by atoms with Crippen molar-refractivity contribution in [2.75, 3.05) is 0 Å². The summed E-state index contributed by atoms with van der Waals surface area (Å²) in [5.74, 6) is 4.23. The van der Waals surface area contributed by atoms with Crippen LogP contribution in [0.5, 0.6) is 0 Å². The second-order valence-electron chi connectivity index (χ2n) is 7.80. The topological polar surface area (TPSA) is 37.3 Å². The van der Waals surface area contributed by atoms with Crippen molar-refractivity contribution in [1.29, 1.82) is 0 Å². The smallest absolute Gasteiger partial charge is 0.132 e. The molecule has 0 aromatic rings. The minimum atomic E-state index is 0.488. The van der Waals surface area contributed by atoms with Gasteiger partial charge in [-0.2, -0.15) is 0 Å². The van der Waals surface area contributed by atoms with Crippen LogP contribution in [0, 0.1) is 23.7 Å². The molecule has 0 aliphatic heterocycles. The van der Waals surface area contributed by atoms with Crippen LogP contribution < -0.4 is 0 Å². The summed E-state index contributed by atoms with van der Waals surface area (Å²) in [6, 6.07) is 0. The molecule has 4 atom stereocenters. The molecule has 2 aliphatic rings. The third kappa shape index (κ3) is 11.8. The highest BCUT2D eigenvalue weighted by Crippen LogP contribution is 2.42. The lowest BCUT2D eigenvalue weighted by atomic mass is 9.67. The van der Waals surface area contributed by atoms with Gasteiger partial charge in [-0.25, -0.2) is 0 Å². The minimum Gasteiger partial charge on any atom is -0.513 e. The summed E-state index contributed by atoms with van der Waals surface area (Å²) in [6.07, 6.45) is 15.2. The van der Waals surface area contributed by atoms with E-state index in [-0.39, 0.29) is 0 Å². The van der Waals surface area contributed by atoms with Crippen LogP contribution in [-0.4, -0.2) is 10.9 Å². The van der Waals surface area contributed by atoms with E-state index in [9.17, 15) is 9.90 Å². The van der Waals surface area contributed by atoms with Gasteiger partial charge in [-0.3, -0.25) is 4.79 Å². The first-order valence-corrected chi connectivity index (χ1v) is 13.0. The van der Waals surface area contributed by atoms with Crippen LogP contribution in [0.1, 0.15) is 132 Å². The Kier molecular flexibility index (Phi) is 21.5. The maximum Gasteiger partial charge on any atom is 0.132 e. The Morgan fingerprint density at radius 3 is 1.79 bits per heavy atom. The predicted octanol–water partition coefficient (Wildman–Crippen LogP) is 9.29. The van der Waals surface area contributed by atoms with Gasteiger partial charge < -0.3 is 5.11 Å². The highest BCUT2D eigenvalue weighted by molar-refractivity contribution is 5.78. The molecular formula is C27H54O2. The van der Waals surface area contributed by atoms with Crippen LogP contribution in [0.15, 0.2) is 11.8 Å². The molecule has 0 radical (unpaired) electrons. The zero-order valence-corrected chi connectivity index (χ0v) is 21.2. The van der Waals surface area contributed by atoms with E-state index in [2.05, 4.69) is 13.8 Å². The normalized spacial score (nSPS) is 24.3. The number of ketones is 1. The third-order valence-corrected chi connectivity index (χ3v) is 6.45. The summed E-state index contributed by atoms with van der Waals surface area (Å²) in [5.41, 5.74) is 0. The summed E-state index contributed by atoms with van der Waals surface area (Å²) in [6.45, 7) is 16.7. The molecule has 1 N–H and O–H groups in total. The van der Waals surface area contributed by atoms with Gasteiger partial charge in [0, 0.05) is 19.3 Å².